The van der Waals surface area contributed by atoms with Gasteiger partial charge in [-0.05, 0) is 49.2 Å². The second-order valence-corrected chi connectivity index (χ2v) is 8.06. The Hall–Kier alpha value is -2.86. The number of carbonyl (C=O) groups excluding carboxylic acids is 3. The lowest BCUT2D eigenvalue weighted by Crippen LogP contribution is -2.53. The number of hydrogen-bond donors (Lipinski definition) is 1. The van der Waals surface area contributed by atoms with Gasteiger partial charge in [-0.25, -0.2) is 4.79 Å². The Labute approximate surface area is 194 Å². The van der Waals surface area contributed by atoms with E-state index in [1.54, 1.807) is 42.5 Å². The molecule has 7 heteroatoms. The molecule has 0 heterocycles. The van der Waals surface area contributed by atoms with Crippen molar-refractivity contribution in [3.63, 3.8) is 0 Å². The number of hydrogen-bond acceptors (Lipinski definition) is 5. The third-order valence-electron chi connectivity index (χ3n) is 5.05. The van der Waals surface area contributed by atoms with E-state index in [0.717, 1.165) is 19.3 Å². The van der Waals surface area contributed by atoms with Crippen molar-refractivity contribution in [2.45, 2.75) is 56.9 Å². The highest BCUT2D eigenvalue weighted by Gasteiger charge is 2.53. The average Bonchev–Trinajstić information content (AvgIpc) is 2.82. The van der Waals surface area contributed by atoms with E-state index in [-0.39, 0.29) is 5.56 Å². The number of nitrogens with one attached hydrogen (secondary N) is 1. The zero-order valence-corrected chi connectivity index (χ0v) is 19.5. The van der Waals surface area contributed by atoms with Gasteiger partial charge in [-0.1, -0.05) is 62.9 Å². The number of rotatable bonds is 12. The van der Waals surface area contributed by atoms with E-state index in [0.29, 0.717) is 24.3 Å². The summed E-state index contributed by atoms with van der Waals surface area (Å²) < 4.78 is 10.7. The van der Waals surface area contributed by atoms with Gasteiger partial charge in [-0.15, -0.1) is 0 Å². The summed E-state index contributed by atoms with van der Waals surface area (Å²) in [5, 5.41) is 2.57. The fourth-order valence-corrected chi connectivity index (χ4v) is 3.42. The number of esters is 1. The van der Waals surface area contributed by atoms with E-state index < -0.39 is 28.6 Å². The first-order valence-corrected chi connectivity index (χ1v) is 11.2. The van der Waals surface area contributed by atoms with Crippen LogP contribution in [0.4, 0.5) is 5.69 Å². The third kappa shape index (κ3) is 6.33. The maximum Gasteiger partial charge on any atom is 0.345 e. The Morgan fingerprint density at radius 1 is 0.969 bits per heavy atom. The number of carbonyl (C=O) groups is 3. The summed E-state index contributed by atoms with van der Waals surface area (Å²) >= 11 is 6.56. The van der Waals surface area contributed by atoms with Crippen molar-refractivity contribution in [1.82, 2.24) is 0 Å². The van der Waals surface area contributed by atoms with E-state index >= 15 is 0 Å². The Morgan fingerprint density at radius 2 is 1.62 bits per heavy atom. The Bertz CT molecular complexity index is 900. The van der Waals surface area contributed by atoms with Crippen molar-refractivity contribution < 1.29 is 23.9 Å². The first-order chi connectivity index (χ1) is 15.4. The molecule has 2 aromatic carbocycles. The number of methoxy groups -OCH3 is 1. The van der Waals surface area contributed by atoms with Gasteiger partial charge in [0, 0.05) is 11.3 Å². The van der Waals surface area contributed by atoms with Crippen LogP contribution < -0.4 is 10.1 Å². The highest BCUT2D eigenvalue weighted by molar-refractivity contribution is 6.59. The molecule has 6 nitrogen and oxygen atoms in total. The molecule has 2 unspecified atom stereocenters. The number of halogens is 1. The molecule has 1 N–H and O–H groups in total. The molecular weight excluding hydrogens is 430 g/mol. The number of anilines is 1. The van der Waals surface area contributed by atoms with Crippen LogP contribution in [0, 0.1) is 0 Å². The molecule has 0 aliphatic carbocycles. The molecule has 0 saturated heterocycles. The molecule has 0 radical (unpaired) electrons. The highest BCUT2D eigenvalue weighted by atomic mass is 35.5. The number of para-hydroxylation sites is 1. The van der Waals surface area contributed by atoms with Gasteiger partial charge in [0.2, 0.25) is 5.78 Å². The monoisotopic (exact) mass is 459 g/mol. The fourth-order valence-electron chi connectivity index (χ4n) is 3.22. The largest absolute Gasteiger partial charge is 0.497 e. The first-order valence-electron chi connectivity index (χ1n) is 10.8. The van der Waals surface area contributed by atoms with E-state index in [2.05, 4.69) is 5.32 Å². The lowest BCUT2D eigenvalue weighted by molar-refractivity contribution is -0.153. The van der Waals surface area contributed by atoms with Crippen molar-refractivity contribution in [2.24, 2.45) is 0 Å². The quantitative estimate of drug-likeness (QED) is 0.199. The summed E-state index contributed by atoms with van der Waals surface area (Å²) in [6, 6.07) is 14.5. The summed E-state index contributed by atoms with van der Waals surface area (Å²) in [7, 11) is 1.50. The van der Waals surface area contributed by atoms with E-state index in [9.17, 15) is 14.4 Å². The van der Waals surface area contributed by atoms with Crippen LogP contribution >= 0.6 is 11.6 Å². The third-order valence-corrected chi connectivity index (χ3v) is 5.55. The molecular formula is C25H30ClNO5. The van der Waals surface area contributed by atoms with Gasteiger partial charge in [0.1, 0.15) is 11.9 Å². The predicted octanol–water partition coefficient (Wildman–Crippen LogP) is 5.40. The molecule has 0 saturated carbocycles. The molecule has 0 spiro atoms. The second-order valence-electron chi connectivity index (χ2n) is 7.49. The van der Waals surface area contributed by atoms with Crippen LogP contribution in [0.1, 0.15) is 56.3 Å². The van der Waals surface area contributed by atoms with Crippen molar-refractivity contribution in [3.05, 3.63) is 60.2 Å². The topological polar surface area (TPSA) is 81.7 Å². The fraction of sp³-hybridized carbons (Fsp3) is 0.400. The minimum absolute atomic E-state index is 0.0987. The number of ketones is 1. The number of benzene rings is 2. The molecule has 0 fully saturated rings. The molecule has 0 aliphatic rings. The maximum atomic E-state index is 13.4. The van der Waals surface area contributed by atoms with Gasteiger partial charge < -0.3 is 14.8 Å². The average molecular weight is 460 g/mol. The molecule has 2 atom stereocenters. The van der Waals surface area contributed by atoms with Crippen molar-refractivity contribution in [3.8, 4) is 5.75 Å². The molecule has 0 aromatic heterocycles. The van der Waals surface area contributed by atoms with E-state index in [1.807, 2.05) is 13.8 Å². The number of unbranched alkanes of at least 4 members (excludes halogenated alkanes) is 1. The molecule has 172 valence electrons. The smallest absolute Gasteiger partial charge is 0.345 e. The molecule has 0 aliphatic heterocycles. The van der Waals surface area contributed by atoms with Gasteiger partial charge in [0.15, 0.2) is 0 Å². The maximum absolute atomic E-state index is 13.4. The van der Waals surface area contributed by atoms with Gasteiger partial charge in [0.25, 0.3) is 10.8 Å². The Morgan fingerprint density at radius 3 is 2.19 bits per heavy atom. The Balaban J connectivity index is 2.38. The van der Waals surface area contributed by atoms with Crippen molar-refractivity contribution in [2.75, 3.05) is 12.4 Å². The molecule has 2 rings (SSSR count). The van der Waals surface area contributed by atoms with Gasteiger partial charge in [0.05, 0.1) is 7.11 Å². The first kappa shape index (κ1) is 25.4. The number of ether oxygens (including phenoxy) is 2. The van der Waals surface area contributed by atoms with Gasteiger partial charge >= 0.3 is 5.97 Å². The van der Waals surface area contributed by atoms with Crippen molar-refractivity contribution >= 4 is 34.9 Å². The van der Waals surface area contributed by atoms with E-state index in [4.69, 9.17) is 21.1 Å². The van der Waals surface area contributed by atoms with Crippen LogP contribution in [-0.4, -0.2) is 35.7 Å². The summed E-state index contributed by atoms with van der Waals surface area (Å²) in [6.45, 7) is 4.02. The normalized spacial score (nSPS) is 13.5. The van der Waals surface area contributed by atoms with Crippen LogP contribution in [0.5, 0.6) is 5.75 Å². The standard InChI is InChI=1S/C25H30ClNO5/c1-4-6-13-21(10-5-2)32-24(30)25(26,23(29)27-19-11-8-7-9-12-19)22(28)18-14-16-20(31-3)17-15-18/h7-9,11-12,14-17,21H,4-6,10,13H2,1-3H3,(H,27,29). The van der Waals surface area contributed by atoms with Crippen molar-refractivity contribution in [1.29, 1.82) is 0 Å². The second kappa shape index (κ2) is 12.2. The van der Waals surface area contributed by atoms with E-state index in [1.165, 1.54) is 19.2 Å². The lowest BCUT2D eigenvalue weighted by Gasteiger charge is -2.26. The molecule has 32 heavy (non-hydrogen) atoms. The Kier molecular flexibility index (Phi) is 9.72. The van der Waals surface area contributed by atoms with Gasteiger partial charge in [-0.2, -0.15) is 0 Å². The molecule has 2 aromatic rings. The minimum atomic E-state index is -2.57. The molecule has 1 amide bonds. The van der Waals surface area contributed by atoms with Crippen LogP contribution in [0.15, 0.2) is 54.6 Å². The van der Waals surface area contributed by atoms with Crippen LogP contribution in [0.25, 0.3) is 0 Å². The van der Waals surface area contributed by atoms with Gasteiger partial charge in [-0.3, -0.25) is 9.59 Å². The number of alkyl halides is 1. The zero-order chi connectivity index (χ0) is 23.6. The number of Topliss-reactive ketones (excluding diaryl/α,β-unsaturated/α-hetero) is 1. The number of amides is 1. The molecule has 0 bridgehead atoms. The highest BCUT2D eigenvalue weighted by Crippen LogP contribution is 2.28. The summed E-state index contributed by atoms with van der Waals surface area (Å²) in [4.78, 5) is 37.2. The lowest BCUT2D eigenvalue weighted by atomic mass is 9.95. The van der Waals surface area contributed by atoms with Crippen LogP contribution in [0.2, 0.25) is 0 Å². The predicted molar refractivity (Wildman–Crippen MR) is 125 cm³/mol. The summed E-state index contributed by atoms with van der Waals surface area (Å²) in [6.07, 6.45) is 3.42. The van der Waals surface area contributed by atoms with Crippen LogP contribution in [0.3, 0.4) is 0 Å². The van der Waals surface area contributed by atoms with Crippen LogP contribution in [-0.2, 0) is 14.3 Å². The summed E-state index contributed by atoms with van der Waals surface area (Å²) in [5.41, 5.74) is 0.510. The summed E-state index contributed by atoms with van der Waals surface area (Å²) in [5.74, 6) is -2.35. The SMILES string of the molecule is CCCCC(CCC)OC(=O)C(Cl)(C(=O)Nc1ccccc1)C(=O)c1ccc(OC)cc1. The zero-order valence-electron chi connectivity index (χ0n) is 18.7. The minimum Gasteiger partial charge on any atom is -0.497 e.